The van der Waals surface area contributed by atoms with Crippen molar-refractivity contribution in [1.29, 1.82) is 0 Å². The Bertz CT molecular complexity index is 1070. The number of likely N-dealkylation sites (N-methyl/N-ethyl adjacent to an activating group) is 2. The van der Waals surface area contributed by atoms with Crippen LogP contribution in [0.4, 0.5) is 0 Å². The lowest BCUT2D eigenvalue weighted by atomic mass is 9.44. The van der Waals surface area contributed by atoms with Gasteiger partial charge in [-0.1, -0.05) is 13.8 Å². The highest BCUT2D eigenvalue weighted by Gasteiger charge is 2.65. The molecule has 5 unspecified atom stereocenters. The molecule has 0 aromatic rings. The fraction of sp³-hybridized carbons (Fsp3) is 0.943. The minimum Gasteiger partial charge on any atom is -0.461 e. The van der Waals surface area contributed by atoms with Crippen LogP contribution in [0.2, 0.25) is 0 Å². The molecule has 45 heavy (non-hydrogen) atoms. The highest BCUT2D eigenvalue weighted by Crippen LogP contribution is 2.67. The van der Waals surface area contributed by atoms with Crippen LogP contribution in [-0.2, 0) is 19.1 Å². The summed E-state index contributed by atoms with van der Waals surface area (Å²) in [5.41, 5.74) is 0.308. The molecule has 6 fully saturated rings. The first-order valence-corrected chi connectivity index (χ1v) is 17.6. The standard InChI is InChI=1S/C35H62N4O4.2BrH/c1-24(40)42-32-21-26-9-10-27-28(35(26,4)23-31(32)37-15-19-39(7,8)20-16-37)11-12-34(3)29(27)22-30(33(34)43-25(2)41)36-13-17-38(5,6)18-14-36;;/h26-33H,9-23H2,1-8H3;2*1H/q+2;;/t26-,27?,28?,29?,30?,31?,32-,33-,34-,35-;;/m0../s1. The van der Waals surface area contributed by atoms with Crippen LogP contribution in [0, 0.1) is 34.5 Å². The minimum atomic E-state index is -0.123. The second-order valence-electron chi connectivity index (χ2n) is 17.5. The van der Waals surface area contributed by atoms with E-state index >= 15 is 0 Å². The van der Waals surface area contributed by atoms with Crippen molar-refractivity contribution in [3.8, 4) is 0 Å². The average Bonchev–Trinajstić information content (AvgIpc) is 3.20. The summed E-state index contributed by atoms with van der Waals surface area (Å²) in [6.45, 7) is 17.3. The van der Waals surface area contributed by atoms with Crippen molar-refractivity contribution in [1.82, 2.24) is 9.80 Å². The fourth-order valence-corrected chi connectivity index (χ4v) is 11.4. The Morgan fingerprint density at radius 2 is 1.22 bits per heavy atom. The van der Waals surface area contributed by atoms with E-state index in [2.05, 4.69) is 51.8 Å². The maximum absolute atomic E-state index is 12.5. The van der Waals surface area contributed by atoms with E-state index in [1.54, 1.807) is 13.8 Å². The zero-order valence-electron chi connectivity index (χ0n) is 29.5. The molecule has 0 radical (unpaired) electrons. The van der Waals surface area contributed by atoms with Crippen LogP contribution in [0.3, 0.4) is 0 Å². The summed E-state index contributed by atoms with van der Waals surface area (Å²) < 4.78 is 14.6. The van der Waals surface area contributed by atoms with Gasteiger partial charge in [-0.05, 0) is 74.0 Å². The minimum absolute atomic E-state index is 0. The molecule has 4 aliphatic carbocycles. The molecule has 10 atom stereocenters. The third-order valence-electron chi connectivity index (χ3n) is 14.1. The lowest BCUT2D eigenvalue weighted by molar-refractivity contribution is -0.894. The molecule has 2 saturated heterocycles. The zero-order chi connectivity index (χ0) is 30.9. The number of carbonyl (C=O) groups is 2. The summed E-state index contributed by atoms with van der Waals surface area (Å²) >= 11 is 0. The highest BCUT2D eigenvalue weighted by molar-refractivity contribution is 8.93. The van der Waals surface area contributed by atoms with E-state index in [1.807, 2.05) is 0 Å². The van der Waals surface area contributed by atoms with E-state index in [1.165, 1.54) is 25.7 Å². The molecule has 10 heteroatoms. The third-order valence-corrected chi connectivity index (χ3v) is 14.1. The van der Waals surface area contributed by atoms with Gasteiger partial charge in [-0.2, -0.15) is 0 Å². The largest absolute Gasteiger partial charge is 0.461 e. The molecule has 0 spiro atoms. The van der Waals surface area contributed by atoms with E-state index in [0.29, 0.717) is 35.8 Å². The van der Waals surface area contributed by atoms with Gasteiger partial charge < -0.3 is 18.4 Å². The molecule has 6 rings (SSSR count). The molecule has 0 N–H and O–H groups in total. The summed E-state index contributed by atoms with van der Waals surface area (Å²) in [6.07, 6.45) is 8.22. The van der Waals surface area contributed by atoms with Crippen molar-refractivity contribution in [3.63, 3.8) is 0 Å². The molecular weight excluding hydrogens is 700 g/mol. The van der Waals surface area contributed by atoms with Gasteiger partial charge in [0.1, 0.15) is 12.2 Å². The monoisotopic (exact) mass is 762 g/mol. The number of ether oxygens (including phenoxy) is 2. The number of esters is 2. The Morgan fingerprint density at radius 1 is 0.689 bits per heavy atom. The number of carbonyl (C=O) groups excluding carboxylic acids is 2. The Hall–Kier alpha value is -0.260. The molecule has 0 aromatic heterocycles. The van der Waals surface area contributed by atoms with Crippen molar-refractivity contribution < 1.29 is 28.0 Å². The Morgan fingerprint density at radius 3 is 1.76 bits per heavy atom. The summed E-state index contributed by atoms with van der Waals surface area (Å²) in [6, 6.07) is 0.656. The van der Waals surface area contributed by atoms with E-state index in [0.717, 1.165) is 80.6 Å². The van der Waals surface area contributed by atoms with Gasteiger partial charge in [-0.25, -0.2) is 0 Å². The molecule has 260 valence electrons. The first-order chi connectivity index (χ1) is 20.1. The number of hydrogen-bond donors (Lipinski definition) is 0. The van der Waals surface area contributed by atoms with E-state index in [4.69, 9.17) is 9.47 Å². The van der Waals surface area contributed by atoms with E-state index in [9.17, 15) is 9.59 Å². The van der Waals surface area contributed by atoms with Gasteiger partial charge in [0.15, 0.2) is 0 Å². The molecule has 0 amide bonds. The molecule has 6 aliphatic rings. The van der Waals surface area contributed by atoms with Crippen LogP contribution < -0.4 is 0 Å². The predicted molar refractivity (Wildman–Crippen MR) is 189 cm³/mol. The summed E-state index contributed by atoms with van der Waals surface area (Å²) in [7, 11) is 9.36. The SMILES string of the molecule is Br.Br.CC(=O)O[C@H]1C[C@@H]2CCC3C4CC(N5CC[N+](C)(C)CC5)[C@H](OC(C)=O)[C@@]4(C)CCC3[C@@]2(C)CC1N1CC[N+](C)(C)CC1. The normalized spacial score (nSPS) is 44.2. The Labute approximate surface area is 294 Å². The number of quaternary nitrogens is 2. The van der Waals surface area contributed by atoms with Crippen molar-refractivity contribution in [2.75, 3.05) is 80.5 Å². The van der Waals surface area contributed by atoms with Gasteiger partial charge in [0.05, 0.1) is 54.4 Å². The lowest BCUT2D eigenvalue weighted by Crippen LogP contribution is -2.64. The fourth-order valence-electron chi connectivity index (χ4n) is 11.4. The van der Waals surface area contributed by atoms with Gasteiger partial charge in [0.25, 0.3) is 0 Å². The van der Waals surface area contributed by atoms with E-state index < -0.39 is 0 Å². The van der Waals surface area contributed by atoms with Crippen molar-refractivity contribution >= 4 is 45.9 Å². The molecule has 2 aliphatic heterocycles. The molecule has 8 nitrogen and oxygen atoms in total. The van der Waals surface area contributed by atoms with Crippen LogP contribution in [0.5, 0.6) is 0 Å². The Kier molecular flexibility index (Phi) is 11.3. The van der Waals surface area contributed by atoms with Crippen LogP contribution in [-0.4, -0.2) is 136 Å². The smallest absolute Gasteiger partial charge is 0.302 e. The van der Waals surface area contributed by atoms with Gasteiger partial charge in [-0.15, -0.1) is 34.0 Å². The van der Waals surface area contributed by atoms with Crippen LogP contribution in [0.25, 0.3) is 0 Å². The first kappa shape index (κ1) is 37.6. The number of halogens is 2. The number of fused-ring (bicyclic) bond motifs is 5. The zero-order valence-corrected chi connectivity index (χ0v) is 32.9. The topological polar surface area (TPSA) is 59.1 Å². The maximum atomic E-state index is 12.5. The van der Waals surface area contributed by atoms with Gasteiger partial charge in [-0.3, -0.25) is 19.4 Å². The van der Waals surface area contributed by atoms with E-state index in [-0.39, 0.29) is 68.9 Å². The number of hydrogen-bond acceptors (Lipinski definition) is 6. The number of rotatable bonds is 4. The predicted octanol–water partition coefficient (Wildman–Crippen LogP) is 4.79. The second-order valence-corrected chi connectivity index (χ2v) is 17.5. The second kappa shape index (κ2) is 13.6. The summed E-state index contributed by atoms with van der Waals surface area (Å²) in [5, 5.41) is 0. The summed E-state index contributed by atoms with van der Waals surface area (Å²) in [4.78, 5) is 30.2. The number of nitrogens with zero attached hydrogens (tertiary/aromatic N) is 4. The average molecular weight is 765 g/mol. The number of piperazine rings is 2. The third kappa shape index (κ3) is 7.08. The summed E-state index contributed by atoms with van der Waals surface area (Å²) in [5.74, 6) is 2.35. The molecule has 0 aromatic carbocycles. The van der Waals surface area contributed by atoms with Gasteiger partial charge in [0, 0.05) is 57.5 Å². The molecule has 2 heterocycles. The van der Waals surface area contributed by atoms with Gasteiger partial charge in [0.2, 0.25) is 0 Å². The van der Waals surface area contributed by atoms with Crippen molar-refractivity contribution in [3.05, 3.63) is 0 Å². The molecule has 0 bridgehead atoms. The van der Waals surface area contributed by atoms with Crippen LogP contribution >= 0.6 is 34.0 Å². The quantitative estimate of drug-likeness (QED) is 0.304. The first-order valence-electron chi connectivity index (χ1n) is 17.6. The Balaban J connectivity index is 0.00000230. The molecular formula is C35H64Br2N4O4+2. The molecule has 4 saturated carbocycles. The van der Waals surface area contributed by atoms with Crippen LogP contribution in [0.1, 0.15) is 72.6 Å². The maximum Gasteiger partial charge on any atom is 0.302 e. The van der Waals surface area contributed by atoms with Crippen LogP contribution in [0.15, 0.2) is 0 Å². The lowest BCUT2D eigenvalue weighted by Gasteiger charge is -2.62. The highest BCUT2D eigenvalue weighted by atomic mass is 79.9. The van der Waals surface area contributed by atoms with Crippen molar-refractivity contribution in [2.24, 2.45) is 34.5 Å². The van der Waals surface area contributed by atoms with Gasteiger partial charge >= 0.3 is 11.9 Å². The van der Waals surface area contributed by atoms with Crippen molar-refractivity contribution in [2.45, 2.75) is 96.9 Å².